The number of rotatable bonds is 6. The SMILES string of the molecule is CC(C)(C)OC(=O)NC=NN1CCC[C@@H](CNC(=O)OCc2ccccc2)C1. The van der Waals surface area contributed by atoms with E-state index in [1.54, 1.807) is 20.8 Å². The first-order valence-electron chi connectivity index (χ1n) is 9.53. The summed E-state index contributed by atoms with van der Waals surface area (Å²) >= 11 is 0. The normalized spacial score (nSPS) is 17.2. The number of ether oxygens (including phenoxy) is 2. The second kappa shape index (κ2) is 10.5. The number of hydrogen-bond donors (Lipinski definition) is 2. The number of amides is 2. The molecule has 0 saturated carbocycles. The fourth-order valence-corrected chi connectivity index (χ4v) is 2.79. The van der Waals surface area contributed by atoms with Crippen LogP contribution in [0, 0.1) is 5.92 Å². The first-order valence-corrected chi connectivity index (χ1v) is 9.53. The second-order valence-corrected chi connectivity index (χ2v) is 7.75. The van der Waals surface area contributed by atoms with Gasteiger partial charge in [0.1, 0.15) is 18.5 Å². The van der Waals surface area contributed by atoms with Gasteiger partial charge in [0.05, 0.1) is 0 Å². The Bertz CT molecular complexity index is 658. The van der Waals surface area contributed by atoms with Gasteiger partial charge in [0.25, 0.3) is 0 Å². The maximum Gasteiger partial charge on any atom is 0.412 e. The van der Waals surface area contributed by atoms with E-state index in [1.807, 2.05) is 35.3 Å². The van der Waals surface area contributed by atoms with Gasteiger partial charge < -0.3 is 14.8 Å². The molecule has 2 rings (SSSR count). The van der Waals surface area contributed by atoms with Gasteiger partial charge in [0.15, 0.2) is 0 Å². The van der Waals surface area contributed by atoms with E-state index in [1.165, 1.54) is 6.34 Å². The van der Waals surface area contributed by atoms with Gasteiger partial charge in [0, 0.05) is 19.6 Å². The van der Waals surface area contributed by atoms with Crippen molar-refractivity contribution in [3.63, 3.8) is 0 Å². The molecule has 0 aromatic heterocycles. The zero-order valence-corrected chi connectivity index (χ0v) is 16.8. The molecule has 0 aliphatic carbocycles. The van der Waals surface area contributed by atoms with E-state index in [-0.39, 0.29) is 12.5 Å². The molecule has 1 fully saturated rings. The average molecular weight is 390 g/mol. The minimum absolute atomic E-state index is 0.254. The standard InChI is InChI=1S/C20H30N4O4/c1-20(2,3)28-19(26)22-15-23-24-11-7-10-17(13-24)12-21-18(25)27-14-16-8-5-4-6-9-16/h4-6,8-9,15,17H,7,10-14H2,1-3H3,(H,21,25)(H,22,23,26)/t17-/m0/s1. The number of hydrogen-bond acceptors (Lipinski definition) is 6. The zero-order chi connectivity index (χ0) is 20.4. The van der Waals surface area contributed by atoms with Crippen molar-refractivity contribution in [3.8, 4) is 0 Å². The van der Waals surface area contributed by atoms with Gasteiger partial charge in [0.2, 0.25) is 0 Å². The minimum atomic E-state index is -0.547. The number of carbonyl (C=O) groups excluding carboxylic acids is 2. The van der Waals surface area contributed by atoms with Gasteiger partial charge in [-0.15, -0.1) is 0 Å². The van der Waals surface area contributed by atoms with Crippen molar-refractivity contribution in [1.29, 1.82) is 0 Å². The topological polar surface area (TPSA) is 92.3 Å². The van der Waals surface area contributed by atoms with Gasteiger partial charge in [-0.3, -0.25) is 10.3 Å². The third kappa shape index (κ3) is 8.75. The predicted octanol–water partition coefficient (Wildman–Crippen LogP) is 3.09. The summed E-state index contributed by atoms with van der Waals surface area (Å²) in [6.45, 7) is 7.70. The molecule has 2 N–H and O–H groups in total. The Kier molecular flexibility index (Phi) is 8.10. The largest absolute Gasteiger partial charge is 0.445 e. The van der Waals surface area contributed by atoms with Crippen LogP contribution in [0.4, 0.5) is 9.59 Å². The minimum Gasteiger partial charge on any atom is -0.445 e. The van der Waals surface area contributed by atoms with Crippen molar-refractivity contribution in [1.82, 2.24) is 15.6 Å². The third-order valence-corrected chi connectivity index (χ3v) is 4.05. The van der Waals surface area contributed by atoms with Crippen molar-refractivity contribution in [3.05, 3.63) is 35.9 Å². The maximum atomic E-state index is 11.9. The van der Waals surface area contributed by atoms with Crippen molar-refractivity contribution >= 4 is 18.5 Å². The van der Waals surface area contributed by atoms with Gasteiger partial charge >= 0.3 is 12.2 Å². The van der Waals surface area contributed by atoms with Crippen LogP contribution < -0.4 is 10.6 Å². The first kappa shape index (κ1) is 21.5. The molecule has 154 valence electrons. The molecule has 1 aromatic carbocycles. The number of alkyl carbamates (subject to hydrolysis) is 2. The number of benzene rings is 1. The van der Waals surface area contributed by atoms with Gasteiger partial charge in [-0.1, -0.05) is 30.3 Å². The van der Waals surface area contributed by atoms with Crippen LogP contribution in [-0.2, 0) is 16.1 Å². The lowest BCUT2D eigenvalue weighted by Crippen LogP contribution is -2.39. The van der Waals surface area contributed by atoms with E-state index < -0.39 is 17.8 Å². The Hall–Kier alpha value is -2.77. The summed E-state index contributed by atoms with van der Waals surface area (Å²) in [5.41, 5.74) is 0.405. The van der Waals surface area contributed by atoms with Crippen molar-refractivity contribution in [2.75, 3.05) is 19.6 Å². The molecule has 1 aromatic rings. The molecule has 1 aliphatic heterocycles. The Morgan fingerprint density at radius 3 is 2.71 bits per heavy atom. The number of piperidine rings is 1. The lowest BCUT2D eigenvalue weighted by atomic mass is 9.99. The average Bonchev–Trinajstić information content (AvgIpc) is 2.64. The quantitative estimate of drug-likeness (QED) is 0.575. The van der Waals surface area contributed by atoms with Crippen LogP contribution in [0.15, 0.2) is 35.4 Å². The van der Waals surface area contributed by atoms with Crippen molar-refractivity contribution in [2.45, 2.75) is 45.8 Å². The zero-order valence-electron chi connectivity index (χ0n) is 16.8. The lowest BCUT2D eigenvalue weighted by Gasteiger charge is -2.30. The fourth-order valence-electron chi connectivity index (χ4n) is 2.79. The lowest BCUT2D eigenvalue weighted by molar-refractivity contribution is 0.0563. The summed E-state index contributed by atoms with van der Waals surface area (Å²) in [5, 5.41) is 11.4. The Morgan fingerprint density at radius 2 is 2.00 bits per heavy atom. The fraction of sp³-hybridized carbons (Fsp3) is 0.550. The first-order chi connectivity index (χ1) is 13.3. The van der Waals surface area contributed by atoms with Crippen LogP contribution in [0.1, 0.15) is 39.2 Å². The van der Waals surface area contributed by atoms with E-state index in [4.69, 9.17) is 9.47 Å². The highest BCUT2D eigenvalue weighted by Gasteiger charge is 2.20. The molecule has 8 heteroatoms. The van der Waals surface area contributed by atoms with Crippen LogP contribution in [0.3, 0.4) is 0 Å². The molecule has 0 bridgehead atoms. The molecule has 28 heavy (non-hydrogen) atoms. The summed E-state index contributed by atoms with van der Waals surface area (Å²) in [5.74, 6) is 0.275. The van der Waals surface area contributed by atoms with Crippen molar-refractivity contribution in [2.24, 2.45) is 11.0 Å². The summed E-state index contributed by atoms with van der Waals surface area (Å²) < 4.78 is 10.4. The highest BCUT2D eigenvalue weighted by molar-refractivity contribution is 5.82. The third-order valence-electron chi connectivity index (χ3n) is 4.05. The van der Waals surface area contributed by atoms with E-state index in [2.05, 4.69) is 15.7 Å². The Morgan fingerprint density at radius 1 is 1.25 bits per heavy atom. The second-order valence-electron chi connectivity index (χ2n) is 7.75. The summed E-state index contributed by atoms with van der Waals surface area (Å²) in [6, 6.07) is 9.56. The van der Waals surface area contributed by atoms with Crippen LogP contribution in [0.2, 0.25) is 0 Å². The Labute approximate surface area is 166 Å². The molecule has 1 aliphatic rings. The molecule has 8 nitrogen and oxygen atoms in total. The Balaban J connectivity index is 1.66. The predicted molar refractivity (Wildman–Crippen MR) is 107 cm³/mol. The van der Waals surface area contributed by atoms with E-state index >= 15 is 0 Å². The maximum absolute atomic E-state index is 11.9. The molecule has 0 spiro atoms. The van der Waals surface area contributed by atoms with Gasteiger partial charge in [-0.2, -0.15) is 5.10 Å². The molecule has 2 amide bonds. The molecule has 1 atom stereocenters. The monoisotopic (exact) mass is 390 g/mol. The van der Waals surface area contributed by atoms with Crippen LogP contribution in [0.25, 0.3) is 0 Å². The molecule has 0 unspecified atom stereocenters. The van der Waals surface area contributed by atoms with Crippen LogP contribution in [0.5, 0.6) is 0 Å². The van der Waals surface area contributed by atoms with Gasteiger partial charge in [-0.05, 0) is 45.1 Å². The molecular formula is C20H30N4O4. The molecular weight excluding hydrogens is 360 g/mol. The van der Waals surface area contributed by atoms with Crippen LogP contribution in [-0.4, -0.2) is 48.8 Å². The highest BCUT2D eigenvalue weighted by atomic mass is 16.6. The number of hydrazone groups is 1. The van der Waals surface area contributed by atoms with E-state index in [9.17, 15) is 9.59 Å². The van der Waals surface area contributed by atoms with Gasteiger partial charge in [-0.25, -0.2) is 9.59 Å². The summed E-state index contributed by atoms with van der Waals surface area (Å²) in [7, 11) is 0. The summed E-state index contributed by atoms with van der Waals surface area (Å²) in [4.78, 5) is 23.5. The summed E-state index contributed by atoms with van der Waals surface area (Å²) in [6.07, 6.45) is 2.36. The smallest absolute Gasteiger partial charge is 0.412 e. The number of carbonyl (C=O) groups is 2. The molecule has 1 saturated heterocycles. The highest BCUT2D eigenvalue weighted by Crippen LogP contribution is 2.15. The van der Waals surface area contributed by atoms with Crippen molar-refractivity contribution < 1.29 is 19.1 Å². The van der Waals surface area contributed by atoms with Crippen LogP contribution >= 0.6 is 0 Å². The molecule has 0 radical (unpaired) electrons. The number of nitrogens with one attached hydrogen (secondary N) is 2. The van der Waals surface area contributed by atoms with E-state index in [0.29, 0.717) is 13.1 Å². The number of nitrogens with zero attached hydrogens (tertiary/aromatic N) is 2. The van der Waals surface area contributed by atoms with E-state index in [0.717, 1.165) is 24.9 Å². The molecule has 1 heterocycles.